The molecule has 2 aliphatic rings. The van der Waals surface area contributed by atoms with E-state index >= 15 is 0 Å². The number of carbonyl (C=O) groups is 1. The first-order valence-electron chi connectivity index (χ1n) is 11.8. The number of hydrogen-bond acceptors (Lipinski definition) is 8. The van der Waals surface area contributed by atoms with E-state index in [1.54, 1.807) is 25.1 Å². The second kappa shape index (κ2) is 9.49. The maximum absolute atomic E-state index is 13.7. The van der Waals surface area contributed by atoms with E-state index in [4.69, 9.17) is 9.47 Å². The number of benzene rings is 1. The third kappa shape index (κ3) is 4.60. The van der Waals surface area contributed by atoms with Gasteiger partial charge in [0.25, 0.3) is 5.56 Å². The summed E-state index contributed by atoms with van der Waals surface area (Å²) in [5.74, 6) is 1.14. The lowest BCUT2D eigenvalue weighted by Gasteiger charge is -2.34. The number of rotatable bonds is 5. The topological polar surface area (TPSA) is 120 Å². The molecule has 2 atom stereocenters. The molecule has 1 amide bonds. The molecule has 36 heavy (non-hydrogen) atoms. The second-order valence-corrected chi connectivity index (χ2v) is 12.6. The lowest BCUT2D eigenvalue weighted by Crippen LogP contribution is -2.42. The van der Waals surface area contributed by atoms with Crippen molar-refractivity contribution in [3.63, 3.8) is 0 Å². The number of sulfonamides is 1. The monoisotopic (exact) mass is 532 g/mol. The van der Waals surface area contributed by atoms with Crippen LogP contribution in [0.1, 0.15) is 25.1 Å². The Hall–Kier alpha value is -2.96. The number of thiophene rings is 1. The van der Waals surface area contributed by atoms with Gasteiger partial charge in [0.05, 0.1) is 11.7 Å². The van der Waals surface area contributed by atoms with E-state index in [9.17, 15) is 18.0 Å². The molecule has 3 aromatic rings. The Morgan fingerprint density at radius 1 is 1.17 bits per heavy atom. The van der Waals surface area contributed by atoms with E-state index in [2.05, 4.69) is 10.3 Å². The first-order valence-corrected chi connectivity index (χ1v) is 14.1. The summed E-state index contributed by atoms with van der Waals surface area (Å²) in [6.45, 7) is 7.15. The SMILES string of the molecule is Cc1sc2ncn(CC(=O)Nc3ccc4c(c3)OCCO4)c(=O)c2c1S(=O)(=O)N1CC(C)CC(C)C1. The number of carbonyl (C=O) groups excluding carboxylic acids is 1. The lowest BCUT2D eigenvalue weighted by atomic mass is 9.94. The van der Waals surface area contributed by atoms with Crippen LogP contribution >= 0.6 is 11.3 Å². The quantitative estimate of drug-likeness (QED) is 0.537. The van der Waals surface area contributed by atoms with Crippen molar-refractivity contribution >= 4 is 43.2 Å². The van der Waals surface area contributed by atoms with Gasteiger partial charge < -0.3 is 14.8 Å². The Labute approximate surface area is 212 Å². The normalized spacial score (nSPS) is 20.4. The molecule has 0 radical (unpaired) electrons. The lowest BCUT2D eigenvalue weighted by molar-refractivity contribution is -0.116. The third-order valence-electron chi connectivity index (χ3n) is 6.37. The molecular weight excluding hydrogens is 504 g/mol. The summed E-state index contributed by atoms with van der Waals surface area (Å²) in [4.78, 5) is 31.4. The highest BCUT2D eigenvalue weighted by atomic mass is 32.2. The smallest absolute Gasteiger partial charge is 0.263 e. The minimum Gasteiger partial charge on any atom is -0.486 e. The highest BCUT2D eigenvalue weighted by Crippen LogP contribution is 2.35. The van der Waals surface area contributed by atoms with Crippen LogP contribution in [0.5, 0.6) is 11.5 Å². The number of aryl methyl sites for hydroxylation is 1. The summed E-state index contributed by atoms with van der Waals surface area (Å²) < 4.78 is 41.0. The Morgan fingerprint density at radius 3 is 2.58 bits per heavy atom. The van der Waals surface area contributed by atoms with Crippen LogP contribution in [-0.4, -0.2) is 54.5 Å². The predicted octanol–water partition coefficient (Wildman–Crippen LogP) is 2.84. The molecular formula is C24H28N4O6S2. The van der Waals surface area contributed by atoms with Gasteiger partial charge in [-0.3, -0.25) is 14.2 Å². The van der Waals surface area contributed by atoms with E-state index in [1.165, 1.54) is 22.0 Å². The van der Waals surface area contributed by atoms with Gasteiger partial charge in [-0.1, -0.05) is 13.8 Å². The second-order valence-electron chi connectivity index (χ2n) is 9.52. The fourth-order valence-electron chi connectivity index (χ4n) is 4.94. The number of aromatic nitrogens is 2. The molecule has 192 valence electrons. The highest BCUT2D eigenvalue weighted by molar-refractivity contribution is 7.89. The zero-order valence-corrected chi connectivity index (χ0v) is 21.9. The number of piperidine rings is 1. The van der Waals surface area contributed by atoms with Crippen molar-refractivity contribution < 1.29 is 22.7 Å². The average molecular weight is 533 g/mol. The summed E-state index contributed by atoms with van der Waals surface area (Å²) in [7, 11) is -3.90. The molecule has 0 bridgehead atoms. The zero-order valence-electron chi connectivity index (χ0n) is 20.3. The number of nitrogens with one attached hydrogen (secondary N) is 1. The van der Waals surface area contributed by atoms with E-state index in [0.29, 0.717) is 53.2 Å². The molecule has 1 saturated heterocycles. The van der Waals surface area contributed by atoms with Crippen LogP contribution in [0.4, 0.5) is 5.69 Å². The minimum atomic E-state index is -3.90. The molecule has 4 heterocycles. The molecule has 2 aromatic heterocycles. The van der Waals surface area contributed by atoms with Crippen LogP contribution in [0.25, 0.3) is 10.2 Å². The Balaban J connectivity index is 1.44. The summed E-state index contributed by atoms with van der Waals surface area (Å²) in [6.07, 6.45) is 2.24. The van der Waals surface area contributed by atoms with Gasteiger partial charge in [0.15, 0.2) is 11.5 Å². The number of anilines is 1. The van der Waals surface area contributed by atoms with Crippen LogP contribution in [0.2, 0.25) is 0 Å². The maximum Gasteiger partial charge on any atom is 0.263 e. The summed E-state index contributed by atoms with van der Waals surface area (Å²) >= 11 is 1.17. The fourth-order valence-corrected chi connectivity index (χ4v) is 8.29. The van der Waals surface area contributed by atoms with Gasteiger partial charge in [-0.05, 0) is 37.3 Å². The summed E-state index contributed by atoms with van der Waals surface area (Å²) in [6, 6.07) is 5.05. The van der Waals surface area contributed by atoms with Crippen molar-refractivity contribution in [3.8, 4) is 11.5 Å². The first kappa shape index (κ1) is 24.7. The largest absolute Gasteiger partial charge is 0.486 e. The zero-order chi connectivity index (χ0) is 25.6. The van der Waals surface area contributed by atoms with Crippen molar-refractivity contribution in [2.24, 2.45) is 11.8 Å². The van der Waals surface area contributed by atoms with E-state index in [1.807, 2.05) is 13.8 Å². The molecule has 1 aromatic carbocycles. The molecule has 0 spiro atoms. The number of nitrogens with zero attached hydrogens (tertiary/aromatic N) is 3. The average Bonchev–Trinajstić information content (AvgIpc) is 3.17. The van der Waals surface area contributed by atoms with Crippen LogP contribution in [-0.2, 0) is 21.4 Å². The van der Waals surface area contributed by atoms with Crippen LogP contribution < -0.4 is 20.3 Å². The molecule has 10 nitrogen and oxygen atoms in total. The van der Waals surface area contributed by atoms with Crippen molar-refractivity contribution in [1.82, 2.24) is 13.9 Å². The number of amides is 1. The molecule has 0 saturated carbocycles. The third-order valence-corrected chi connectivity index (χ3v) is 9.52. The van der Waals surface area contributed by atoms with Gasteiger partial charge in [-0.25, -0.2) is 13.4 Å². The van der Waals surface area contributed by atoms with Gasteiger partial charge in [0, 0.05) is 29.7 Å². The van der Waals surface area contributed by atoms with Crippen LogP contribution in [0.3, 0.4) is 0 Å². The number of hydrogen-bond donors (Lipinski definition) is 1. The van der Waals surface area contributed by atoms with Crippen LogP contribution in [0.15, 0.2) is 34.2 Å². The standard InChI is InChI=1S/C24H28N4O6S2/c1-14-8-15(2)11-28(10-14)36(31,32)22-16(3)35-23-21(22)24(30)27(13-25-23)12-20(29)26-17-4-5-18-19(9-17)34-7-6-33-18/h4-5,9,13-15H,6-8,10-12H2,1-3H3,(H,26,29). The number of ether oxygens (including phenoxy) is 2. The van der Waals surface area contributed by atoms with Crippen molar-refractivity contribution in [3.05, 3.63) is 39.8 Å². The Morgan fingerprint density at radius 2 is 1.86 bits per heavy atom. The van der Waals surface area contributed by atoms with Gasteiger partial charge in [0.2, 0.25) is 15.9 Å². The van der Waals surface area contributed by atoms with E-state index in [0.717, 1.165) is 11.0 Å². The van der Waals surface area contributed by atoms with Gasteiger partial charge in [0.1, 0.15) is 29.5 Å². The van der Waals surface area contributed by atoms with Gasteiger partial charge in [-0.15, -0.1) is 11.3 Å². The molecule has 2 aliphatic heterocycles. The van der Waals surface area contributed by atoms with Crippen molar-refractivity contribution in [2.45, 2.75) is 38.6 Å². The minimum absolute atomic E-state index is 0.00268. The number of fused-ring (bicyclic) bond motifs is 2. The highest BCUT2D eigenvalue weighted by Gasteiger charge is 2.35. The Bertz CT molecular complexity index is 1490. The van der Waals surface area contributed by atoms with E-state index < -0.39 is 21.5 Å². The molecule has 1 fully saturated rings. The van der Waals surface area contributed by atoms with Crippen molar-refractivity contribution in [2.75, 3.05) is 31.6 Å². The van der Waals surface area contributed by atoms with Crippen LogP contribution in [0, 0.1) is 18.8 Å². The van der Waals surface area contributed by atoms with Crippen molar-refractivity contribution in [1.29, 1.82) is 0 Å². The predicted molar refractivity (Wildman–Crippen MR) is 136 cm³/mol. The maximum atomic E-state index is 13.7. The molecule has 12 heteroatoms. The first-order chi connectivity index (χ1) is 17.1. The Kier molecular flexibility index (Phi) is 6.52. The summed E-state index contributed by atoms with van der Waals surface area (Å²) in [5.41, 5.74) is -0.0623. The van der Waals surface area contributed by atoms with Gasteiger partial charge >= 0.3 is 0 Å². The van der Waals surface area contributed by atoms with E-state index in [-0.39, 0.29) is 28.7 Å². The molecule has 5 rings (SSSR count). The molecule has 2 unspecified atom stereocenters. The fraction of sp³-hybridized carbons (Fsp3) is 0.458. The van der Waals surface area contributed by atoms with Gasteiger partial charge in [-0.2, -0.15) is 4.31 Å². The molecule has 1 N–H and O–H groups in total. The summed E-state index contributed by atoms with van der Waals surface area (Å²) in [5, 5.41) is 2.78. The molecule has 0 aliphatic carbocycles.